The molecule has 0 unspecified atom stereocenters. The van der Waals surface area contributed by atoms with Gasteiger partial charge in [0.2, 0.25) is 0 Å². The molecule has 2 heterocycles. The number of aryl methyl sites for hydroxylation is 3. The summed E-state index contributed by atoms with van der Waals surface area (Å²) in [6.07, 6.45) is 1.78. The normalized spacial score (nSPS) is 10.9. The molecule has 1 amide bonds. The van der Waals surface area contributed by atoms with E-state index in [-0.39, 0.29) is 18.1 Å². The van der Waals surface area contributed by atoms with Gasteiger partial charge in [-0.1, -0.05) is 23.8 Å². The maximum atomic E-state index is 12.5. The maximum Gasteiger partial charge on any atom is 0.258 e. The predicted octanol–water partition coefficient (Wildman–Crippen LogP) is 4.51. The Hall–Kier alpha value is -3.45. The number of hydrogen-bond donors (Lipinski definition) is 1. The van der Waals surface area contributed by atoms with Crippen LogP contribution in [0.2, 0.25) is 0 Å². The van der Waals surface area contributed by atoms with Crippen LogP contribution >= 0.6 is 11.3 Å². The Balaban J connectivity index is 1.50. The summed E-state index contributed by atoms with van der Waals surface area (Å²) in [5.41, 5.74) is 3.69. The summed E-state index contributed by atoms with van der Waals surface area (Å²) in [7, 11) is 0. The van der Waals surface area contributed by atoms with Crippen LogP contribution in [-0.4, -0.2) is 15.3 Å². The summed E-state index contributed by atoms with van der Waals surface area (Å²) in [4.78, 5) is 30.9. The lowest BCUT2D eigenvalue weighted by atomic mass is 10.1. The predicted molar refractivity (Wildman–Crippen MR) is 119 cm³/mol. The number of hydrogen-bond acceptors (Lipinski definition) is 5. The molecule has 0 fully saturated rings. The van der Waals surface area contributed by atoms with Gasteiger partial charge in [0.1, 0.15) is 12.4 Å². The van der Waals surface area contributed by atoms with E-state index in [0.29, 0.717) is 27.7 Å². The van der Waals surface area contributed by atoms with Gasteiger partial charge in [-0.15, -0.1) is 11.3 Å². The van der Waals surface area contributed by atoms with Gasteiger partial charge in [0.05, 0.1) is 5.69 Å². The van der Waals surface area contributed by atoms with Gasteiger partial charge in [0, 0.05) is 34.5 Å². The van der Waals surface area contributed by atoms with E-state index in [1.54, 1.807) is 24.4 Å². The van der Waals surface area contributed by atoms with Crippen LogP contribution in [0.4, 0.5) is 5.69 Å². The number of anilines is 1. The quantitative estimate of drug-likeness (QED) is 0.516. The first-order chi connectivity index (χ1) is 14.4. The van der Waals surface area contributed by atoms with Gasteiger partial charge in [0.15, 0.2) is 4.96 Å². The van der Waals surface area contributed by atoms with Crippen molar-refractivity contribution in [1.29, 1.82) is 0 Å². The average molecular weight is 420 g/mol. The van der Waals surface area contributed by atoms with Gasteiger partial charge in [-0.25, -0.2) is 4.98 Å². The second-order valence-electron chi connectivity index (χ2n) is 7.17. The van der Waals surface area contributed by atoms with E-state index in [1.165, 1.54) is 21.8 Å². The first kappa shape index (κ1) is 19.8. The zero-order valence-corrected chi connectivity index (χ0v) is 17.7. The molecule has 152 valence electrons. The number of aromatic nitrogens is 2. The zero-order chi connectivity index (χ0) is 21.3. The van der Waals surface area contributed by atoms with Crippen LogP contribution in [0.15, 0.2) is 59.5 Å². The molecule has 0 aliphatic rings. The van der Waals surface area contributed by atoms with Crippen LogP contribution in [0.25, 0.3) is 4.96 Å². The number of rotatable bonds is 5. The van der Waals surface area contributed by atoms with Crippen molar-refractivity contribution >= 4 is 27.9 Å². The molecule has 4 aromatic rings. The van der Waals surface area contributed by atoms with Crippen molar-refractivity contribution in [2.45, 2.75) is 27.4 Å². The van der Waals surface area contributed by atoms with E-state index in [9.17, 15) is 9.59 Å². The van der Waals surface area contributed by atoms with Crippen molar-refractivity contribution in [3.63, 3.8) is 0 Å². The highest BCUT2D eigenvalue weighted by molar-refractivity contribution is 7.16. The van der Waals surface area contributed by atoms with E-state index in [2.05, 4.69) is 10.3 Å². The molecule has 0 radical (unpaired) electrons. The summed E-state index contributed by atoms with van der Waals surface area (Å²) < 4.78 is 7.46. The minimum absolute atomic E-state index is 0.126. The molecule has 6 nitrogen and oxygen atoms in total. The Morgan fingerprint density at radius 3 is 2.63 bits per heavy atom. The molecule has 30 heavy (non-hydrogen) atoms. The fraction of sp³-hybridized carbons (Fsp3) is 0.174. The second-order valence-corrected chi connectivity index (χ2v) is 8.38. The SMILES string of the molecule is Cc1ccc(C(=O)Nc2ccc(C)c(OCc3cc(=O)n4cc(C)sc4n3)c2)cc1. The van der Waals surface area contributed by atoms with Crippen LogP contribution in [-0.2, 0) is 6.61 Å². The molecule has 2 aromatic carbocycles. The molecule has 0 bridgehead atoms. The standard InChI is InChI=1S/C23H21N3O3S/c1-14-4-7-17(8-5-14)22(28)24-18-9-6-15(2)20(10-18)29-13-19-11-21(27)26-12-16(3)30-23(26)25-19/h4-12H,13H2,1-3H3,(H,24,28). The number of amides is 1. The molecular formula is C23H21N3O3S. The smallest absolute Gasteiger partial charge is 0.258 e. The van der Waals surface area contributed by atoms with E-state index in [0.717, 1.165) is 16.0 Å². The Labute approximate surface area is 177 Å². The van der Waals surface area contributed by atoms with Crippen molar-refractivity contribution in [1.82, 2.24) is 9.38 Å². The molecular weight excluding hydrogens is 398 g/mol. The van der Waals surface area contributed by atoms with E-state index in [4.69, 9.17) is 4.74 Å². The van der Waals surface area contributed by atoms with Gasteiger partial charge in [-0.05, 0) is 44.5 Å². The Morgan fingerprint density at radius 1 is 1.10 bits per heavy atom. The zero-order valence-electron chi connectivity index (χ0n) is 16.9. The van der Waals surface area contributed by atoms with Gasteiger partial charge in [-0.3, -0.25) is 14.0 Å². The van der Waals surface area contributed by atoms with Crippen LogP contribution < -0.4 is 15.6 Å². The number of fused-ring (bicyclic) bond motifs is 1. The number of nitrogens with zero attached hydrogens (tertiary/aromatic N) is 2. The molecule has 2 aromatic heterocycles. The summed E-state index contributed by atoms with van der Waals surface area (Å²) in [5, 5.41) is 2.89. The highest BCUT2D eigenvalue weighted by atomic mass is 32.1. The lowest BCUT2D eigenvalue weighted by Gasteiger charge is -2.12. The number of ether oxygens (including phenoxy) is 1. The average Bonchev–Trinajstić information content (AvgIpc) is 3.09. The Morgan fingerprint density at radius 2 is 1.87 bits per heavy atom. The van der Waals surface area contributed by atoms with Crippen LogP contribution in [0.3, 0.4) is 0 Å². The van der Waals surface area contributed by atoms with Crippen molar-refractivity contribution in [2.24, 2.45) is 0 Å². The first-order valence-electron chi connectivity index (χ1n) is 9.49. The molecule has 0 saturated heterocycles. The third-order valence-corrected chi connectivity index (χ3v) is 5.57. The summed E-state index contributed by atoms with van der Waals surface area (Å²) in [6, 6.07) is 14.4. The number of nitrogens with one attached hydrogen (secondary N) is 1. The highest BCUT2D eigenvalue weighted by Crippen LogP contribution is 2.24. The minimum Gasteiger partial charge on any atom is -0.487 e. The van der Waals surface area contributed by atoms with Gasteiger partial charge in [-0.2, -0.15) is 0 Å². The van der Waals surface area contributed by atoms with E-state index < -0.39 is 0 Å². The maximum absolute atomic E-state index is 12.5. The molecule has 0 saturated carbocycles. The van der Waals surface area contributed by atoms with Crippen LogP contribution in [0.5, 0.6) is 5.75 Å². The summed E-state index contributed by atoms with van der Waals surface area (Å²) in [5.74, 6) is 0.444. The fourth-order valence-electron chi connectivity index (χ4n) is 3.03. The third kappa shape index (κ3) is 4.26. The molecule has 0 aliphatic heterocycles. The monoisotopic (exact) mass is 419 g/mol. The lowest BCUT2D eigenvalue weighted by Crippen LogP contribution is -2.14. The minimum atomic E-state index is -0.182. The van der Waals surface area contributed by atoms with Crippen molar-refractivity contribution in [3.05, 3.63) is 92.3 Å². The topological polar surface area (TPSA) is 72.7 Å². The number of carbonyl (C=O) groups excluding carboxylic acids is 1. The first-order valence-corrected chi connectivity index (χ1v) is 10.3. The van der Waals surface area contributed by atoms with E-state index >= 15 is 0 Å². The number of thiazole rings is 1. The van der Waals surface area contributed by atoms with Crippen molar-refractivity contribution in [3.8, 4) is 5.75 Å². The fourth-order valence-corrected chi connectivity index (χ4v) is 3.88. The Bertz CT molecular complexity index is 1290. The number of benzene rings is 2. The molecule has 1 N–H and O–H groups in total. The van der Waals surface area contributed by atoms with Crippen molar-refractivity contribution in [2.75, 3.05) is 5.32 Å². The van der Waals surface area contributed by atoms with Crippen LogP contribution in [0.1, 0.15) is 32.1 Å². The van der Waals surface area contributed by atoms with Gasteiger partial charge >= 0.3 is 0 Å². The molecule has 0 spiro atoms. The summed E-state index contributed by atoms with van der Waals surface area (Å²) >= 11 is 1.46. The number of carbonyl (C=O) groups is 1. The van der Waals surface area contributed by atoms with Crippen LogP contribution in [0, 0.1) is 20.8 Å². The summed E-state index contributed by atoms with van der Waals surface area (Å²) in [6.45, 7) is 6.01. The Kier molecular flexibility index (Phi) is 5.37. The molecule has 0 atom stereocenters. The van der Waals surface area contributed by atoms with Gasteiger partial charge in [0.25, 0.3) is 11.5 Å². The molecule has 4 rings (SSSR count). The third-order valence-electron chi connectivity index (χ3n) is 4.67. The molecule has 0 aliphatic carbocycles. The largest absolute Gasteiger partial charge is 0.487 e. The highest BCUT2D eigenvalue weighted by Gasteiger charge is 2.10. The molecule has 7 heteroatoms. The van der Waals surface area contributed by atoms with Gasteiger partial charge < -0.3 is 10.1 Å². The lowest BCUT2D eigenvalue weighted by molar-refractivity contribution is 0.102. The second kappa shape index (κ2) is 8.12. The van der Waals surface area contributed by atoms with Crippen molar-refractivity contribution < 1.29 is 9.53 Å². The van der Waals surface area contributed by atoms with E-state index in [1.807, 2.05) is 45.0 Å².